The molecule has 112 valence electrons. The molecule has 2 rings (SSSR count). The minimum absolute atomic E-state index is 0.118. The van der Waals surface area contributed by atoms with E-state index < -0.39 is 16.0 Å². The standard InChI is InChI=1S/C13H14N2O4S2/c14-21(18,19)10-3-4-12(11(8-10)13(16)17)15-6-5-9-2-1-7-20-9/h1-4,7-8,15H,5-6H2,(H,16,17)(H2,14,18,19). The molecule has 8 heteroatoms. The summed E-state index contributed by atoms with van der Waals surface area (Å²) in [5.74, 6) is -1.21. The van der Waals surface area contributed by atoms with Crippen molar-refractivity contribution in [3.05, 3.63) is 46.2 Å². The third-order valence-corrected chi connectivity index (χ3v) is 4.66. The zero-order chi connectivity index (χ0) is 15.5. The molecule has 1 aromatic carbocycles. The van der Waals surface area contributed by atoms with Crippen LogP contribution < -0.4 is 10.5 Å². The lowest BCUT2D eigenvalue weighted by Gasteiger charge is -2.10. The van der Waals surface area contributed by atoms with Gasteiger partial charge in [-0.25, -0.2) is 18.4 Å². The molecule has 0 amide bonds. The maximum absolute atomic E-state index is 11.3. The molecule has 1 aromatic heterocycles. The Hall–Kier alpha value is -1.90. The number of thiophene rings is 1. The van der Waals surface area contributed by atoms with Crippen molar-refractivity contribution >= 4 is 33.0 Å². The Morgan fingerprint density at radius 3 is 2.67 bits per heavy atom. The predicted octanol–water partition coefficient (Wildman–Crippen LogP) is 1.75. The van der Waals surface area contributed by atoms with Gasteiger partial charge in [0, 0.05) is 17.1 Å². The number of primary sulfonamides is 1. The Morgan fingerprint density at radius 2 is 2.10 bits per heavy atom. The van der Waals surface area contributed by atoms with Crippen LogP contribution in [0.4, 0.5) is 5.69 Å². The fourth-order valence-corrected chi connectivity index (χ4v) is 3.06. The topological polar surface area (TPSA) is 109 Å². The van der Waals surface area contributed by atoms with Crippen LogP contribution in [0.25, 0.3) is 0 Å². The van der Waals surface area contributed by atoms with E-state index in [0.29, 0.717) is 12.2 Å². The first-order valence-corrected chi connectivity index (χ1v) is 8.47. The molecule has 0 aliphatic rings. The van der Waals surface area contributed by atoms with Gasteiger partial charge in [0.15, 0.2) is 0 Å². The fourth-order valence-electron chi connectivity index (χ4n) is 1.81. The summed E-state index contributed by atoms with van der Waals surface area (Å²) in [6.45, 7) is 0.551. The van der Waals surface area contributed by atoms with E-state index >= 15 is 0 Å². The van der Waals surface area contributed by atoms with Gasteiger partial charge in [-0.1, -0.05) is 6.07 Å². The summed E-state index contributed by atoms with van der Waals surface area (Å²) in [6, 6.07) is 7.70. The molecule has 0 bridgehead atoms. The van der Waals surface area contributed by atoms with Crippen molar-refractivity contribution in [2.75, 3.05) is 11.9 Å². The van der Waals surface area contributed by atoms with Crippen LogP contribution >= 0.6 is 11.3 Å². The molecule has 0 aliphatic carbocycles. The third kappa shape index (κ3) is 4.03. The van der Waals surface area contributed by atoms with E-state index in [1.165, 1.54) is 17.0 Å². The number of carboxylic acid groups (broad SMARTS) is 1. The average Bonchev–Trinajstić information content (AvgIpc) is 2.90. The smallest absolute Gasteiger partial charge is 0.337 e. The van der Waals surface area contributed by atoms with Crippen LogP contribution in [0.1, 0.15) is 15.2 Å². The zero-order valence-corrected chi connectivity index (χ0v) is 12.6. The molecule has 0 saturated carbocycles. The minimum Gasteiger partial charge on any atom is -0.478 e. The molecule has 0 aliphatic heterocycles. The molecule has 6 nitrogen and oxygen atoms in total. The van der Waals surface area contributed by atoms with Crippen molar-refractivity contribution in [2.45, 2.75) is 11.3 Å². The van der Waals surface area contributed by atoms with E-state index in [-0.39, 0.29) is 10.5 Å². The van der Waals surface area contributed by atoms with Crippen LogP contribution in [-0.4, -0.2) is 26.0 Å². The Morgan fingerprint density at radius 1 is 1.33 bits per heavy atom. The van der Waals surface area contributed by atoms with Gasteiger partial charge in [0.2, 0.25) is 10.0 Å². The second-order valence-corrected chi connectivity index (χ2v) is 6.91. The molecule has 0 fully saturated rings. The van der Waals surface area contributed by atoms with Crippen molar-refractivity contribution in [1.82, 2.24) is 0 Å². The minimum atomic E-state index is -3.92. The summed E-state index contributed by atoms with van der Waals surface area (Å²) >= 11 is 1.62. The van der Waals surface area contributed by atoms with Gasteiger partial charge in [0.25, 0.3) is 0 Å². The van der Waals surface area contributed by atoms with Gasteiger partial charge in [-0.3, -0.25) is 0 Å². The number of hydrogen-bond acceptors (Lipinski definition) is 5. The Bertz CT molecular complexity index is 740. The number of nitrogens with two attached hydrogens (primary N) is 1. The number of sulfonamides is 1. The summed E-state index contributed by atoms with van der Waals surface area (Å²) in [5, 5.41) is 19.1. The van der Waals surface area contributed by atoms with Gasteiger partial charge in [-0.15, -0.1) is 11.3 Å². The van der Waals surface area contributed by atoms with Crippen molar-refractivity contribution in [2.24, 2.45) is 5.14 Å². The molecule has 0 saturated heterocycles. The van der Waals surface area contributed by atoms with Crippen LogP contribution in [0, 0.1) is 0 Å². The molecule has 0 radical (unpaired) electrons. The van der Waals surface area contributed by atoms with Crippen LogP contribution in [0.3, 0.4) is 0 Å². The Labute approximate surface area is 126 Å². The lowest BCUT2D eigenvalue weighted by molar-refractivity contribution is 0.0697. The average molecular weight is 326 g/mol. The monoisotopic (exact) mass is 326 g/mol. The number of aromatic carboxylic acids is 1. The van der Waals surface area contributed by atoms with E-state index in [1.54, 1.807) is 11.3 Å². The van der Waals surface area contributed by atoms with Crippen LogP contribution in [-0.2, 0) is 16.4 Å². The van der Waals surface area contributed by atoms with Crippen LogP contribution in [0.2, 0.25) is 0 Å². The lowest BCUT2D eigenvalue weighted by Crippen LogP contribution is -2.15. The summed E-state index contributed by atoms with van der Waals surface area (Å²) in [6.07, 6.45) is 0.758. The summed E-state index contributed by atoms with van der Waals surface area (Å²) in [7, 11) is -3.92. The van der Waals surface area contributed by atoms with Crippen molar-refractivity contribution in [3.63, 3.8) is 0 Å². The van der Waals surface area contributed by atoms with Gasteiger partial charge >= 0.3 is 5.97 Å². The molecule has 0 spiro atoms. The predicted molar refractivity (Wildman–Crippen MR) is 81.3 cm³/mol. The van der Waals surface area contributed by atoms with E-state index in [0.717, 1.165) is 12.5 Å². The second kappa shape index (κ2) is 6.25. The van der Waals surface area contributed by atoms with Gasteiger partial charge < -0.3 is 10.4 Å². The highest BCUT2D eigenvalue weighted by Crippen LogP contribution is 2.20. The maximum Gasteiger partial charge on any atom is 0.337 e. The van der Waals surface area contributed by atoms with Crippen molar-refractivity contribution < 1.29 is 18.3 Å². The van der Waals surface area contributed by atoms with Crippen molar-refractivity contribution in [1.29, 1.82) is 0 Å². The van der Waals surface area contributed by atoms with E-state index in [9.17, 15) is 13.2 Å². The first-order chi connectivity index (χ1) is 9.88. The number of anilines is 1. The van der Waals surface area contributed by atoms with Gasteiger partial charge in [-0.2, -0.15) is 0 Å². The lowest BCUT2D eigenvalue weighted by atomic mass is 10.1. The van der Waals surface area contributed by atoms with Crippen molar-refractivity contribution in [3.8, 4) is 0 Å². The van der Waals surface area contributed by atoms with E-state index in [1.807, 2.05) is 17.5 Å². The maximum atomic E-state index is 11.3. The molecule has 1 heterocycles. The number of carbonyl (C=O) groups is 1. The summed E-state index contributed by atoms with van der Waals surface area (Å²) in [4.78, 5) is 12.2. The van der Waals surface area contributed by atoms with E-state index in [4.69, 9.17) is 10.2 Å². The number of nitrogens with one attached hydrogen (secondary N) is 1. The Balaban J connectivity index is 2.17. The molecule has 4 N–H and O–H groups in total. The van der Waals surface area contributed by atoms with Gasteiger partial charge in [0.1, 0.15) is 0 Å². The highest BCUT2D eigenvalue weighted by Gasteiger charge is 2.15. The fraction of sp³-hybridized carbons (Fsp3) is 0.154. The first-order valence-electron chi connectivity index (χ1n) is 6.04. The first kappa shape index (κ1) is 15.5. The SMILES string of the molecule is NS(=O)(=O)c1ccc(NCCc2cccs2)c(C(=O)O)c1. The number of carboxylic acids is 1. The normalized spacial score (nSPS) is 11.3. The van der Waals surface area contributed by atoms with E-state index in [2.05, 4.69) is 5.32 Å². The van der Waals surface area contributed by atoms with Gasteiger partial charge in [0.05, 0.1) is 10.5 Å². The molecule has 0 atom stereocenters. The van der Waals surface area contributed by atoms with Crippen LogP contribution in [0.5, 0.6) is 0 Å². The van der Waals surface area contributed by atoms with Crippen LogP contribution in [0.15, 0.2) is 40.6 Å². The summed E-state index contributed by atoms with van der Waals surface area (Å²) in [5.41, 5.74) is 0.249. The highest BCUT2D eigenvalue weighted by atomic mass is 32.2. The third-order valence-electron chi connectivity index (χ3n) is 2.82. The second-order valence-electron chi connectivity index (χ2n) is 4.31. The van der Waals surface area contributed by atoms with Gasteiger partial charge in [-0.05, 0) is 36.1 Å². The molecule has 0 unspecified atom stereocenters. The molecular formula is C13H14N2O4S2. The quantitative estimate of drug-likeness (QED) is 0.749. The number of benzene rings is 1. The largest absolute Gasteiger partial charge is 0.478 e. The molecule has 2 aromatic rings. The Kier molecular flexibility index (Phi) is 4.61. The molecular weight excluding hydrogens is 312 g/mol. The summed E-state index contributed by atoms with van der Waals surface area (Å²) < 4.78 is 22.5. The molecule has 21 heavy (non-hydrogen) atoms. The number of hydrogen-bond donors (Lipinski definition) is 3. The number of rotatable bonds is 6. The highest BCUT2D eigenvalue weighted by molar-refractivity contribution is 7.89. The zero-order valence-electron chi connectivity index (χ0n) is 10.9.